The Hall–Kier alpha value is -2.71. The van der Waals surface area contributed by atoms with Crippen LogP contribution >= 0.6 is 0 Å². The Labute approximate surface area is 148 Å². The Morgan fingerprint density at radius 2 is 2.19 bits per heavy atom. The number of amides is 2. The molecule has 0 fully saturated rings. The number of benzene rings is 1. The highest BCUT2D eigenvalue weighted by Gasteiger charge is 2.38. The minimum absolute atomic E-state index is 0.0464. The zero-order valence-electron chi connectivity index (χ0n) is 14.4. The average Bonchev–Trinajstić information content (AvgIpc) is 2.97. The van der Waals surface area contributed by atoms with E-state index in [0.29, 0.717) is 6.42 Å². The summed E-state index contributed by atoms with van der Waals surface area (Å²) in [4.78, 5) is 12.2. The van der Waals surface area contributed by atoms with Crippen LogP contribution < -0.4 is 15.4 Å². The lowest BCUT2D eigenvalue weighted by atomic mass is 10.0. The minimum Gasteiger partial charge on any atom is -0.491 e. The Bertz CT molecular complexity index is 817. The molecule has 1 atom stereocenters. The largest absolute Gasteiger partial charge is 0.491 e. The average molecular weight is 368 g/mol. The number of anilines is 1. The van der Waals surface area contributed by atoms with Gasteiger partial charge in [0.2, 0.25) is 0 Å². The molecule has 140 valence electrons. The number of halogens is 3. The number of hydrogen-bond acceptors (Lipinski definition) is 3. The molecule has 1 unspecified atom stereocenters. The maximum Gasteiger partial charge on any atom is 0.435 e. The van der Waals surface area contributed by atoms with Crippen LogP contribution in [-0.2, 0) is 19.1 Å². The van der Waals surface area contributed by atoms with E-state index in [9.17, 15) is 18.0 Å². The highest BCUT2D eigenvalue weighted by Crippen LogP contribution is 2.35. The second-order valence-electron chi connectivity index (χ2n) is 6.09. The van der Waals surface area contributed by atoms with Crippen molar-refractivity contribution in [3.63, 3.8) is 0 Å². The summed E-state index contributed by atoms with van der Waals surface area (Å²) < 4.78 is 46.0. The van der Waals surface area contributed by atoms with Crippen LogP contribution in [0.2, 0.25) is 0 Å². The van der Waals surface area contributed by atoms with Crippen molar-refractivity contribution in [3.8, 4) is 5.75 Å². The highest BCUT2D eigenvalue weighted by atomic mass is 19.4. The van der Waals surface area contributed by atoms with Crippen LogP contribution in [0.5, 0.6) is 5.75 Å². The highest BCUT2D eigenvalue weighted by molar-refractivity contribution is 5.90. The Morgan fingerprint density at radius 1 is 1.42 bits per heavy atom. The van der Waals surface area contributed by atoms with E-state index in [4.69, 9.17) is 4.74 Å². The van der Waals surface area contributed by atoms with Crippen LogP contribution in [0.4, 0.5) is 23.7 Å². The molecule has 3 rings (SSSR count). The lowest BCUT2D eigenvalue weighted by Gasteiger charge is -2.27. The standard InChI is InChI=1S/C17H19F3N4O2/c1-3-24-15(17(18,19)20)13(8-21-24)23-16(25)22-12-7-11-6-4-5-10(2)14(11)26-9-12/h4-6,8,12H,3,7,9H2,1-2H3,(H2,22,23,25). The maximum atomic E-state index is 13.2. The minimum atomic E-state index is -4.61. The van der Waals surface area contributed by atoms with E-state index >= 15 is 0 Å². The summed E-state index contributed by atoms with van der Waals surface area (Å²) in [5, 5.41) is 8.57. The molecule has 0 aliphatic carbocycles. The number of aryl methyl sites for hydroxylation is 2. The number of nitrogens with zero attached hydrogens (tertiary/aromatic N) is 2. The third-order valence-electron chi connectivity index (χ3n) is 4.18. The number of rotatable bonds is 3. The molecule has 0 bridgehead atoms. The van der Waals surface area contributed by atoms with Gasteiger partial charge in [-0.2, -0.15) is 18.3 Å². The molecular weight excluding hydrogens is 349 g/mol. The van der Waals surface area contributed by atoms with E-state index in [0.717, 1.165) is 27.8 Å². The number of alkyl halides is 3. The van der Waals surface area contributed by atoms with Gasteiger partial charge in [0.05, 0.1) is 17.9 Å². The SMILES string of the molecule is CCn1ncc(NC(=O)NC2COc3c(C)cccc3C2)c1C(F)(F)F. The summed E-state index contributed by atoms with van der Waals surface area (Å²) in [6, 6.07) is 4.68. The summed E-state index contributed by atoms with van der Waals surface area (Å²) in [6.45, 7) is 3.78. The van der Waals surface area contributed by atoms with Crippen LogP contribution in [0.3, 0.4) is 0 Å². The normalized spacial score (nSPS) is 16.6. The molecule has 0 radical (unpaired) electrons. The summed E-state index contributed by atoms with van der Waals surface area (Å²) in [5.74, 6) is 0.800. The zero-order chi connectivity index (χ0) is 18.9. The van der Waals surface area contributed by atoms with Crippen molar-refractivity contribution in [2.75, 3.05) is 11.9 Å². The molecule has 9 heteroatoms. The van der Waals surface area contributed by atoms with Crippen molar-refractivity contribution in [2.45, 2.75) is 39.0 Å². The van der Waals surface area contributed by atoms with Crippen molar-refractivity contribution in [3.05, 3.63) is 41.2 Å². The molecule has 2 N–H and O–H groups in total. The van der Waals surface area contributed by atoms with E-state index in [1.165, 1.54) is 0 Å². The second-order valence-corrected chi connectivity index (χ2v) is 6.09. The maximum absolute atomic E-state index is 13.2. The van der Waals surface area contributed by atoms with Gasteiger partial charge in [-0.1, -0.05) is 18.2 Å². The number of para-hydroxylation sites is 1. The number of hydrogen-bond donors (Lipinski definition) is 2. The fourth-order valence-electron chi connectivity index (χ4n) is 3.04. The number of aromatic nitrogens is 2. The summed E-state index contributed by atoms with van der Waals surface area (Å²) in [7, 11) is 0. The first-order valence-corrected chi connectivity index (χ1v) is 8.21. The summed E-state index contributed by atoms with van der Waals surface area (Å²) >= 11 is 0. The molecule has 26 heavy (non-hydrogen) atoms. The first kappa shape index (κ1) is 18.1. The van der Waals surface area contributed by atoms with Crippen molar-refractivity contribution < 1.29 is 22.7 Å². The molecule has 1 aromatic carbocycles. The van der Waals surface area contributed by atoms with E-state index in [2.05, 4.69) is 15.7 Å². The van der Waals surface area contributed by atoms with Crippen molar-refractivity contribution in [2.24, 2.45) is 0 Å². The molecule has 2 amide bonds. The molecule has 1 aliphatic rings. The molecule has 6 nitrogen and oxygen atoms in total. The lowest BCUT2D eigenvalue weighted by Crippen LogP contribution is -2.44. The van der Waals surface area contributed by atoms with Gasteiger partial charge in [-0.15, -0.1) is 0 Å². The van der Waals surface area contributed by atoms with Gasteiger partial charge in [0.15, 0.2) is 5.69 Å². The Morgan fingerprint density at radius 3 is 2.88 bits per heavy atom. The molecular formula is C17H19F3N4O2. The lowest BCUT2D eigenvalue weighted by molar-refractivity contribution is -0.143. The van der Waals surface area contributed by atoms with Gasteiger partial charge in [0.25, 0.3) is 0 Å². The van der Waals surface area contributed by atoms with Crippen LogP contribution in [0.15, 0.2) is 24.4 Å². The molecule has 0 saturated heterocycles. The van der Waals surface area contributed by atoms with Gasteiger partial charge < -0.3 is 15.4 Å². The van der Waals surface area contributed by atoms with Crippen LogP contribution in [0, 0.1) is 6.92 Å². The fourth-order valence-corrected chi connectivity index (χ4v) is 3.04. The van der Waals surface area contributed by atoms with Crippen molar-refractivity contribution >= 4 is 11.7 Å². The Kier molecular flexibility index (Phi) is 4.80. The van der Waals surface area contributed by atoms with Crippen molar-refractivity contribution in [1.29, 1.82) is 0 Å². The fraction of sp³-hybridized carbons (Fsp3) is 0.412. The van der Waals surface area contributed by atoms with E-state index in [1.54, 1.807) is 6.92 Å². The third-order valence-corrected chi connectivity index (χ3v) is 4.18. The quantitative estimate of drug-likeness (QED) is 0.873. The molecule has 2 heterocycles. The first-order chi connectivity index (χ1) is 12.3. The van der Waals surface area contributed by atoms with Crippen LogP contribution in [-0.4, -0.2) is 28.5 Å². The number of ether oxygens (including phenoxy) is 1. The second kappa shape index (κ2) is 6.89. The topological polar surface area (TPSA) is 68.2 Å². The molecule has 0 saturated carbocycles. The van der Waals surface area contributed by atoms with E-state index in [1.807, 2.05) is 25.1 Å². The number of carbonyl (C=O) groups excluding carboxylic acids is 1. The van der Waals surface area contributed by atoms with Gasteiger partial charge in [0.1, 0.15) is 12.4 Å². The van der Waals surface area contributed by atoms with Crippen LogP contribution in [0.1, 0.15) is 23.7 Å². The van der Waals surface area contributed by atoms with E-state index in [-0.39, 0.29) is 24.9 Å². The molecule has 2 aromatic rings. The van der Waals surface area contributed by atoms with Gasteiger partial charge in [-0.3, -0.25) is 4.68 Å². The number of fused-ring (bicyclic) bond motifs is 1. The summed E-state index contributed by atoms with van der Waals surface area (Å²) in [6.07, 6.45) is -3.06. The smallest absolute Gasteiger partial charge is 0.435 e. The van der Waals surface area contributed by atoms with Gasteiger partial charge in [-0.05, 0) is 31.4 Å². The molecule has 1 aliphatic heterocycles. The van der Waals surface area contributed by atoms with Crippen LogP contribution in [0.25, 0.3) is 0 Å². The van der Waals surface area contributed by atoms with Gasteiger partial charge in [0, 0.05) is 6.54 Å². The number of urea groups is 1. The van der Waals surface area contributed by atoms with Crippen molar-refractivity contribution in [1.82, 2.24) is 15.1 Å². The summed E-state index contributed by atoms with van der Waals surface area (Å²) in [5.41, 5.74) is 0.615. The number of carbonyl (C=O) groups is 1. The van der Waals surface area contributed by atoms with Gasteiger partial charge in [-0.25, -0.2) is 4.79 Å². The van der Waals surface area contributed by atoms with E-state index < -0.39 is 17.9 Å². The molecule has 1 aromatic heterocycles. The first-order valence-electron chi connectivity index (χ1n) is 8.21. The monoisotopic (exact) mass is 368 g/mol. The zero-order valence-corrected chi connectivity index (χ0v) is 14.4. The molecule has 0 spiro atoms. The predicted molar refractivity (Wildman–Crippen MR) is 89.2 cm³/mol. The van der Waals surface area contributed by atoms with Gasteiger partial charge >= 0.3 is 12.2 Å². The predicted octanol–water partition coefficient (Wildman–Crippen LogP) is 3.36. The Balaban J connectivity index is 1.68. The third kappa shape index (κ3) is 3.61. The number of nitrogens with one attached hydrogen (secondary N) is 2.